The lowest BCUT2D eigenvalue weighted by Gasteiger charge is -2.29. The third-order valence-electron chi connectivity index (χ3n) is 3.50. The first kappa shape index (κ1) is 10.7. The largest absolute Gasteiger partial charge is 0.207 e. The summed E-state index contributed by atoms with van der Waals surface area (Å²) in [6.07, 6.45) is 3.40. The molecule has 0 saturated carbocycles. The summed E-state index contributed by atoms with van der Waals surface area (Å²) in [6, 6.07) is 3.84. The van der Waals surface area contributed by atoms with E-state index in [-0.39, 0.29) is 5.82 Å². The zero-order chi connectivity index (χ0) is 11.0. The molecule has 1 aromatic carbocycles. The molecule has 82 valence electrons. The zero-order valence-corrected chi connectivity index (χ0v) is 9.81. The highest BCUT2D eigenvalue weighted by Gasteiger charge is 2.26. The fourth-order valence-corrected chi connectivity index (χ4v) is 2.77. The van der Waals surface area contributed by atoms with E-state index in [1.807, 2.05) is 6.92 Å². The van der Waals surface area contributed by atoms with Crippen LogP contribution in [0.25, 0.3) is 0 Å². The van der Waals surface area contributed by atoms with E-state index in [9.17, 15) is 4.39 Å². The maximum absolute atomic E-state index is 13.9. The van der Waals surface area contributed by atoms with Crippen molar-refractivity contribution in [1.82, 2.24) is 0 Å². The van der Waals surface area contributed by atoms with Gasteiger partial charge in [0.05, 0.1) is 0 Å². The Morgan fingerprint density at radius 3 is 2.73 bits per heavy atom. The number of aryl methyl sites for hydroxylation is 2. The molecule has 1 aliphatic carbocycles. The second-order valence-corrected chi connectivity index (χ2v) is 5.06. The average Bonchev–Trinajstić information content (AvgIpc) is 2.16. The molecule has 0 bridgehead atoms. The number of hydrogen-bond donors (Lipinski definition) is 0. The Kier molecular flexibility index (Phi) is 2.81. The van der Waals surface area contributed by atoms with Gasteiger partial charge in [-0.05, 0) is 60.8 Å². The van der Waals surface area contributed by atoms with Crippen molar-refractivity contribution in [2.24, 2.45) is 5.92 Å². The van der Waals surface area contributed by atoms with Crippen LogP contribution in [0.3, 0.4) is 0 Å². The Morgan fingerprint density at radius 2 is 2.07 bits per heavy atom. The summed E-state index contributed by atoms with van der Waals surface area (Å²) in [5.41, 5.74) is 3.30. The zero-order valence-electron chi connectivity index (χ0n) is 9.81. The normalized spacial score (nSPS) is 20.5. The van der Waals surface area contributed by atoms with Crippen LogP contribution in [0.1, 0.15) is 49.3 Å². The maximum atomic E-state index is 13.9. The first-order chi connectivity index (χ1) is 7.09. The molecule has 0 aromatic heterocycles. The van der Waals surface area contributed by atoms with E-state index in [0.717, 1.165) is 24.0 Å². The van der Waals surface area contributed by atoms with Crippen LogP contribution >= 0.6 is 0 Å². The lowest BCUT2D eigenvalue weighted by molar-refractivity contribution is 0.414. The standard InChI is InChI=1S/C14H19F/c1-9(2)12-6-4-5-11-7-10(3)8-13(15)14(11)12/h7-9,12H,4-6H2,1-3H3. The van der Waals surface area contributed by atoms with Gasteiger partial charge in [-0.15, -0.1) is 0 Å². The summed E-state index contributed by atoms with van der Waals surface area (Å²) >= 11 is 0. The van der Waals surface area contributed by atoms with E-state index in [0.29, 0.717) is 11.8 Å². The molecule has 1 aromatic rings. The van der Waals surface area contributed by atoms with Gasteiger partial charge in [0.25, 0.3) is 0 Å². The minimum atomic E-state index is 0.0170. The minimum Gasteiger partial charge on any atom is -0.207 e. The maximum Gasteiger partial charge on any atom is 0.127 e. The molecular weight excluding hydrogens is 187 g/mol. The smallest absolute Gasteiger partial charge is 0.127 e. The lowest BCUT2D eigenvalue weighted by atomic mass is 9.76. The number of rotatable bonds is 1. The molecule has 0 aliphatic heterocycles. The quantitative estimate of drug-likeness (QED) is 0.645. The fraction of sp³-hybridized carbons (Fsp3) is 0.571. The Balaban J connectivity index is 2.51. The van der Waals surface area contributed by atoms with Crippen molar-refractivity contribution in [2.75, 3.05) is 0 Å². The number of fused-ring (bicyclic) bond motifs is 1. The minimum absolute atomic E-state index is 0.0170. The van der Waals surface area contributed by atoms with Gasteiger partial charge in [0.15, 0.2) is 0 Å². The van der Waals surface area contributed by atoms with Gasteiger partial charge in [-0.25, -0.2) is 4.39 Å². The fourth-order valence-electron chi connectivity index (χ4n) is 2.77. The van der Waals surface area contributed by atoms with Crippen molar-refractivity contribution in [1.29, 1.82) is 0 Å². The summed E-state index contributed by atoms with van der Waals surface area (Å²) in [5, 5.41) is 0. The highest BCUT2D eigenvalue weighted by molar-refractivity contribution is 5.37. The van der Waals surface area contributed by atoms with Gasteiger partial charge in [-0.2, -0.15) is 0 Å². The molecule has 0 N–H and O–H groups in total. The molecule has 2 rings (SSSR count). The van der Waals surface area contributed by atoms with E-state index >= 15 is 0 Å². The van der Waals surface area contributed by atoms with Crippen molar-refractivity contribution >= 4 is 0 Å². The first-order valence-corrected chi connectivity index (χ1v) is 5.88. The molecule has 15 heavy (non-hydrogen) atoms. The van der Waals surface area contributed by atoms with Gasteiger partial charge in [-0.1, -0.05) is 19.9 Å². The number of benzene rings is 1. The predicted molar refractivity (Wildman–Crippen MR) is 61.7 cm³/mol. The molecule has 1 heteroatoms. The summed E-state index contributed by atoms with van der Waals surface area (Å²) in [7, 11) is 0. The summed E-state index contributed by atoms with van der Waals surface area (Å²) in [4.78, 5) is 0. The van der Waals surface area contributed by atoms with Crippen LogP contribution in [0.5, 0.6) is 0 Å². The molecule has 0 nitrogen and oxygen atoms in total. The molecule has 0 spiro atoms. The topological polar surface area (TPSA) is 0 Å². The van der Waals surface area contributed by atoms with Gasteiger partial charge in [0, 0.05) is 0 Å². The lowest BCUT2D eigenvalue weighted by Crippen LogP contribution is -2.16. The molecule has 0 saturated heterocycles. The van der Waals surface area contributed by atoms with Crippen molar-refractivity contribution in [3.05, 3.63) is 34.6 Å². The van der Waals surface area contributed by atoms with E-state index in [1.54, 1.807) is 6.07 Å². The second kappa shape index (κ2) is 3.96. The monoisotopic (exact) mass is 206 g/mol. The van der Waals surface area contributed by atoms with Crippen molar-refractivity contribution in [3.63, 3.8) is 0 Å². The van der Waals surface area contributed by atoms with Crippen LogP contribution in [0, 0.1) is 18.7 Å². The van der Waals surface area contributed by atoms with Crippen molar-refractivity contribution in [3.8, 4) is 0 Å². The van der Waals surface area contributed by atoms with E-state index < -0.39 is 0 Å². The Hall–Kier alpha value is -0.850. The number of halogens is 1. The van der Waals surface area contributed by atoms with E-state index in [2.05, 4.69) is 19.9 Å². The SMILES string of the molecule is Cc1cc(F)c2c(c1)CCCC2C(C)C. The molecule has 0 radical (unpaired) electrons. The molecule has 0 heterocycles. The van der Waals surface area contributed by atoms with Gasteiger partial charge < -0.3 is 0 Å². The Bertz CT molecular complexity index is 366. The van der Waals surface area contributed by atoms with Crippen LogP contribution in [0.15, 0.2) is 12.1 Å². The van der Waals surface area contributed by atoms with Crippen LogP contribution in [-0.4, -0.2) is 0 Å². The van der Waals surface area contributed by atoms with Crippen LogP contribution in [0.4, 0.5) is 4.39 Å². The van der Waals surface area contributed by atoms with Crippen molar-refractivity contribution in [2.45, 2.75) is 46.0 Å². The molecule has 1 unspecified atom stereocenters. The molecule has 1 aliphatic rings. The Morgan fingerprint density at radius 1 is 1.33 bits per heavy atom. The number of hydrogen-bond acceptors (Lipinski definition) is 0. The summed E-state index contributed by atoms with van der Waals surface area (Å²) in [5.74, 6) is 0.985. The average molecular weight is 206 g/mol. The third kappa shape index (κ3) is 1.92. The van der Waals surface area contributed by atoms with Gasteiger partial charge in [-0.3, -0.25) is 0 Å². The van der Waals surface area contributed by atoms with Gasteiger partial charge in [0.1, 0.15) is 5.82 Å². The molecule has 1 atom stereocenters. The highest BCUT2D eigenvalue weighted by atomic mass is 19.1. The Labute approximate surface area is 91.5 Å². The van der Waals surface area contributed by atoms with E-state index in [4.69, 9.17) is 0 Å². The second-order valence-electron chi connectivity index (χ2n) is 5.06. The summed E-state index contributed by atoms with van der Waals surface area (Å²) in [6.45, 7) is 6.36. The van der Waals surface area contributed by atoms with Gasteiger partial charge in [0.2, 0.25) is 0 Å². The summed E-state index contributed by atoms with van der Waals surface area (Å²) < 4.78 is 13.9. The molecule has 0 fully saturated rings. The first-order valence-electron chi connectivity index (χ1n) is 5.88. The van der Waals surface area contributed by atoms with Crippen LogP contribution in [-0.2, 0) is 6.42 Å². The highest BCUT2D eigenvalue weighted by Crippen LogP contribution is 2.38. The van der Waals surface area contributed by atoms with Gasteiger partial charge >= 0.3 is 0 Å². The van der Waals surface area contributed by atoms with E-state index in [1.165, 1.54) is 12.0 Å². The molecular formula is C14H19F. The van der Waals surface area contributed by atoms with Crippen LogP contribution in [0.2, 0.25) is 0 Å². The third-order valence-corrected chi connectivity index (χ3v) is 3.50. The molecule has 0 amide bonds. The van der Waals surface area contributed by atoms with Crippen molar-refractivity contribution < 1.29 is 4.39 Å². The predicted octanol–water partition coefficient (Wildman–Crippen LogP) is 4.21. The van der Waals surface area contributed by atoms with Crippen LogP contribution < -0.4 is 0 Å².